The van der Waals surface area contributed by atoms with Gasteiger partial charge in [-0.2, -0.15) is 0 Å². The highest BCUT2D eigenvalue weighted by Gasteiger charge is 2.21. The van der Waals surface area contributed by atoms with Gasteiger partial charge in [0.25, 0.3) is 5.91 Å². The summed E-state index contributed by atoms with van der Waals surface area (Å²) in [7, 11) is 1.54. The Hall–Kier alpha value is -1.10. The number of hydrogen-bond acceptors (Lipinski definition) is 3. The van der Waals surface area contributed by atoms with Crippen molar-refractivity contribution in [2.45, 2.75) is 32.3 Å². The number of carbonyl (C=O) groups excluding carboxylic acids is 2. The van der Waals surface area contributed by atoms with E-state index in [-0.39, 0.29) is 12.5 Å². The lowest BCUT2D eigenvalue weighted by atomic mass is 10.1. The third-order valence-corrected chi connectivity index (χ3v) is 2.81. The van der Waals surface area contributed by atoms with Gasteiger partial charge in [-0.15, -0.1) is 0 Å². The molecule has 1 aliphatic rings. The number of aliphatic hydroxyl groups excluding tert-OH is 1. The van der Waals surface area contributed by atoms with Crippen molar-refractivity contribution >= 4 is 11.8 Å². The van der Waals surface area contributed by atoms with Gasteiger partial charge in [0.1, 0.15) is 6.10 Å². The number of nitrogens with zero attached hydrogens (tertiary/aromatic N) is 2. The van der Waals surface area contributed by atoms with Crippen molar-refractivity contribution in [1.82, 2.24) is 9.80 Å². The average Bonchev–Trinajstić information content (AvgIpc) is 2.28. The van der Waals surface area contributed by atoms with Crippen molar-refractivity contribution < 1.29 is 14.7 Å². The molecule has 1 aliphatic heterocycles. The molecule has 1 saturated heterocycles. The van der Waals surface area contributed by atoms with E-state index in [1.807, 2.05) is 0 Å². The van der Waals surface area contributed by atoms with Crippen LogP contribution >= 0.6 is 0 Å². The van der Waals surface area contributed by atoms with Crippen LogP contribution in [0.5, 0.6) is 0 Å². The van der Waals surface area contributed by atoms with Crippen molar-refractivity contribution in [1.29, 1.82) is 0 Å². The van der Waals surface area contributed by atoms with Crippen LogP contribution in [0.4, 0.5) is 0 Å². The van der Waals surface area contributed by atoms with Crippen molar-refractivity contribution in [2.75, 3.05) is 26.7 Å². The topological polar surface area (TPSA) is 60.9 Å². The van der Waals surface area contributed by atoms with Crippen molar-refractivity contribution in [2.24, 2.45) is 0 Å². The first-order valence-corrected chi connectivity index (χ1v) is 5.73. The first kappa shape index (κ1) is 13.0. The molecule has 16 heavy (non-hydrogen) atoms. The second-order valence-corrected chi connectivity index (χ2v) is 4.31. The average molecular weight is 228 g/mol. The minimum Gasteiger partial charge on any atom is -0.384 e. The van der Waals surface area contributed by atoms with Gasteiger partial charge in [-0.25, -0.2) is 0 Å². The maximum absolute atomic E-state index is 11.8. The zero-order chi connectivity index (χ0) is 12.1. The van der Waals surface area contributed by atoms with Gasteiger partial charge in [-0.3, -0.25) is 9.59 Å². The van der Waals surface area contributed by atoms with Crippen LogP contribution in [0, 0.1) is 0 Å². The number of carbonyl (C=O) groups is 2. The van der Waals surface area contributed by atoms with E-state index in [0.717, 1.165) is 25.9 Å². The van der Waals surface area contributed by atoms with E-state index in [4.69, 9.17) is 5.11 Å². The minimum absolute atomic E-state index is 0.0313. The van der Waals surface area contributed by atoms with Gasteiger partial charge in [0, 0.05) is 20.1 Å². The zero-order valence-electron chi connectivity index (χ0n) is 9.98. The highest BCUT2D eigenvalue weighted by molar-refractivity contribution is 5.86. The summed E-state index contributed by atoms with van der Waals surface area (Å²) in [5.41, 5.74) is 0. The van der Waals surface area contributed by atoms with Crippen LogP contribution in [0.3, 0.4) is 0 Å². The molecule has 2 amide bonds. The molecule has 0 aromatic carbocycles. The van der Waals surface area contributed by atoms with Gasteiger partial charge in [0.05, 0.1) is 6.54 Å². The van der Waals surface area contributed by atoms with Gasteiger partial charge in [0.2, 0.25) is 5.91 Å². The molecule has 1 N–H and O–H groups in total. The molecule has 1 fully saturated rings. The molecular weight excluding hydrogens is 208 g/mol. The maximum atomic E-state index is 11.8. The Bertz CT molecular complexity index is 260. The summed E-state index contributed by atoms with van der Waals surface area (Å²) in [6.45, 7) is 3.04. The number of aliphatic hydroxyl groups is 1. The third-order valence-electron chi connectivity index (χ3n) is 2.81. The molecule has 1 atom stereocenters. The molecule has 5 nitrogen and oxygen atoms in total. The smallest absolute Gasteiger partial charge is 0.251 e. The largest absolute Gasteiger partial charge is 0.384 e. The lowest BCUT2D eigenvalue weighted by Crippen LogP contribution is -2.45. The highest BCUT2D eigenvalue weighted by Crippen LogP contribution is 2.09. The van der Waals surface area contributed by atoms with Crippen molar-refractivity contribution in [3.8, 4) is 0 Å². The van der Waals surface area contributed by atoms with E-state index in [0.29, 0.717) is 0 Å². The van der Waals surface area contributed by atoms with Crippen LogP contribution in [0.1, 0.15) is 26.2 Å². The van der Waals surface area contributed by atoms with E-state index >= 15 is 0 Å². The van der Waals surface area contributed by atoms with E-state index < -0.39 is 12.0 Å². The molecule has 0 bridgehead atoms. The Kier molecular flexibility index (Phi) is 4.73. The summed E-state index contributed by atoms with van der Waals surface area (Å²) in [5.74, 6) is -0.443. The Morgan fingerprint density at radius 3 is 2.38 bits per heavy atom. The first-order chi connectivity index (χ1) is 7.52. The van der Waals surface area contributed by atoms with Gasteiger partial charge < -0.3 is 14.9 Å². The van der Waals surface area contributed by atoms with E-state index in [9.17, 15) is 9.59 Å². The summed E-state index contributed by atoms with van der Waals surface area (Å²) in [4.78, 5) is 26.2. The quantitative estimate of drug-likeness (QED) is 0.730. The normalized spacial score (nSPS) is 18.1. The molecule has 0 aliphatic carbocycles. The predicted molar refractivity (Wildman–Crippen MR) is 59.7 cm³/mol. The first-order valence-electron chi connectivity index (χ1n) is 5.73. The maximum Gasteiger partial charge on any atom is 0.251 e. The molecule has 0 saturated carbocycles. The number of amides is 2. The molecule has 1 rings (SSSR count). The lowest BCUT2D eigenvalue weighted by molar-refractivity contribution is -0.144. The molecule has 0 aromatic rings. The van der Waals surface area contributed by atoms with Crippen LogP contribution in [0.25, 0.3) is 0 Å². The third kappa shape index (κ3) is 3.48. The lowest BCUT2D eigenvalue weighted by Gasteiger charge is -2.29. The standard InChI is InChI=1S/C11H20N2O3/c1-9(14)11(16)12(2)8-10(15)13-6-4-3-5-7-13/h9,14H,3-8H2,1-2H3. The van der Waals surface area contributed by atoms with Crippen molar-refractivity contribution in [3.05, 3.63) is 0 Å². The number of rotatable bonds is 3. The fraction of sp³-hybridized carbons (Fsp3) is 0.818. The number of likely N-dealkylation sites (N-methyl/N-ethyl adjacent to an activating group) is 1. The summed E-state index contributed by atoms with van der Waals surface area (Å²) < 4.78 is 0. The van der Waals surface area contributed by atoms with Gasteiger partial charge in [0.15, 0.2) is 0 Å². The summed E-state index contributed by atoms with van der Waals surface area (Å²) in [6, 6.07) is 0. The molecule has 1 unspecified atom stereocenters. The monoisotopic (exact) mass is 228 g/mol. The Morgan fingerprint density at radius 2 is 1.88 bits per heavy atom. The molecule has 5 heteroatoms. The fourth-order valence-corrected chi connectivity index (χ4v) is 1.84. The second kappa shape index (κ2) is 5.84. The summed E-state index contributed by atoms with van der Waals surface area (Å²) in [5, 5.41) is 9.10. The SMILES string of the molecule is CC(O)C(=O)N(C)CC(=O)N1CCCCC1. The van der Waals surface area contributed by atoms with Gasteiger partial charge in [-0.05, 0) is 26.2 Å². The van der Waals surface area contributed by atoms with Crippen LogP contribution in [0.15, 0.2) is 0 Å². The molecular formula is C11H20N2O3. The van der Waals surface area contributed by atoms with Crippen LogP contribution in [0.2, 0.25) is 0 Å². The molecule has 0 radical (unpaired) electrons. The van der Waals surface area contributed by atoms with Crippen LogP contribution in [-0.4, -0.2) is 59.5 Å². The predicted octanol–water partition coefficient (Wildman–Crippen LogP) is -0.162. The Balaban J connectivity index is 2.40. The fourth-order valence-electron chi connectivity index (χ4n) is 1.84. The van der Waals surface area contributed by atoms with Crippen molar-refractivity contribution in [3.63, 3.8) is 0 Å². The van der Waals surface area contributed by atoms with Gasteiger partial charge >= 0.3 is 0 Å². The number of likely N-dealkylation sites (tertiary alicyclic amines) is 1. The second-order valence-electron chi connectivity index (χ2n) is 4.31. The molecule has 1 heterocycles. The van der Waals surface area contributed by atoms with Crippen LogP contribution in [-0.2, 0) is 9.59 Å². The minimum atomic E-state index is -1.04. The van der Waals surface area contributed by atoms with Crippen LogP contribution < -0.4 is 0 Å². The number of hydrogen-bond donors (Lipinski definition) is 1. The Labute approximate surface area is 96.0 Å². The van der Waals surface area contributed by atoms with E-state index in [1.165, 1.54) is 25.3 Å². The van der Waals surface area contributed by atoms with E-state index in [2.05, 4.69) is 0 Å². The zero-order valence-corrected chi connectivity index (χ0v) is 9.98. The molecule has 0 spiro atoms. The summed E-state index contributed by atoms with van der Waals surface area (Å²) >= 11 is 0. The highest BCUT2D eigenvalue weighted by atomic mass is 16.3. The van der Waals surface area contributed by atoms with E-state index in [1.54, 1.807) is 4.90 Å². The number of piperidine rings is 1. The molecule has 0 aromatic heterocycles. The van der Waals surface area contributed by atoms with Gasteiger partial charge in [-0.1, -0.05) is 0 Å². The Morgan fingerprint density at radius 1 is 1.31 bits per heavy atom. The molecule has 92 valence electrons. The summed E-state index contributed by atoms with van der Waals surface area (Å²) in [6.07, 6.45) is 2.21.